The Hall–Kier alpha value is -11.4. The fourth-order valence-corrected chi connectivity index (χ4v) is 16.0. The van der Waals surface area contributed by atoms with E-state index in [4.69, 9.17) is 58.8 Å². The summed E-state index contributed by atoms with van der Waals surface area (Å²) in [6.45, 7) is 15.8. The molecule has 0 saturated heterocycles. The summed E-state index contributed by atoms with van der Waals surface area (Å²) < 4.78 is 50.0. The number of allylic oxidation sites excluding steroid dienone is 4. The number of carboxylic acid groups (broad SMARTS) is 2. The van der Waals surface area contributed by atoms with E-state index in [1.165, 1.54) is 103 Å². The van der Waals surface area contributed by atoms with Gasteiger partial charge >= 0.3 is 71.6 Å². The van der Waals surface area contributed by atoms with Crippen molar-refractivity contribution >= 4 is 106 Å². The van der Waals surface area contributed by atoms with Gasteiger partial charge in [0.1, 0.15) is 0 Å². The van der Waals surface area contributed by atoms with Crippen LogP contribution in [0.5, 0.6) is 0 Å². The maximum absolute atomic E-state index is 12.3. The Morgan fingerprint density at radius 1 is 0.355 bits per heavy atom. The molecule has 34 heteroatoms. The molecule has 4 fully saturated rings. The Morgan fingerprint density at radius 3 is 0.710 bits per heavy atom. The number of methoxy groups -OCH3 is 4. The molecule has 4 saturated carbocycles. The van der Waals surface area contributed by atoms with Gasteiger partial charge in [0.25, 0.3) is 0 Å². The highest BCUT2D eigenvalue weighted by atomic mass is 32.1. The van der Waals surface area contributed by atoms with Gasteiger partial charge in [0, 0.05) is 85.4 Å². The number of esters is 10. The molecule has 12 N–H and O–H groups in total. The maximum Gasteiger partial charge on any atom is 0.349 e. The number of nitrogens with one attached hydrogen (secondary N) is 6. The van der Waals surface area contributed by atoms with Crippen molar-refractivity contribution in [3.8, 4) is 0 Å². The number of dihydropyridines is 4. The van der Waals surface area contributed by atoms with E-state index >= 15 is 0 Å². The minimum absolute atomic E-state index is 0.0253. The number of ether oxygens (including phenoxy) is 10. The summed E-state index contributed by atoms with van der Waals surface area (Å²) >= 11 is 8.73. The number of carboxylic acids is 2. The first-order valence-corrected chi connectivity index (χ1v) is 42.8. The van der Waals surface area contributed by atoms with Crippen LogP contribution in [-0.4, -0.2) is 173 Å². The number of aliphatic carboxylic acids is 2. The van der Waals surface area contributed by atoms with Crippen LogP contribution in [0.2, 0.25) is 0 Å². The average Bonchev–Trinajstić information content (AvgIpc) is 0.796. The summed E-state index contributed by atoms with van der Waals surface area (Å²) in [6.07, 6.45) is 24.5. The van der Waals surface area contributed by atoms with Crippen molar-refractivity contribution < 1.29 is 115 Å². The first-order chi connectivity index (χ1) is 59.3. The molecule has 0 amide bonds. The van der Waals surface area contributed by atoms with E-state index in [0.29, 0.717) is 81.2 Å². The van der Waals surface area contributed by atoms with Crippen LogP contribution < -0.4 is 43.4 Å². The second-order valence-corrected chi connectivity index (χ2v) is 30.7. The van der Waals surface area contributed by atoms with Crippen LogP contribution in [0.3, 0.4) is 0 Å². The topological polar surface area (TPSA) is 462 Å². The highest BCUT2D eigenvalue weighted by Gasteiger charge is 2.46. The number of carbonyl (C=O) groups is 12. The summed E-state index contributed by atoms with van der Waals surface area (Å²) in [6, 6.07) is 14.8. The Balaban J connectivity index is 0.000000316. The number of hydrogen-bond acceptors (Lipinski definition) is 28. The van der Waals surface area contributed by atoms with Crippen molar-refractivity contribution in [2.24, 2.45) is 58.8 Å². The van der Waals surface area contributed by atoms with Crippen LogP contribution in [0, 0.1) is 47.3 Å². The smallest absolute Gasteiger partial charge is 0.349 e. The number of carbonyl (C=O) groups excluding carboxylic acids is 10. The quantitative estimate of drug-likeness (QED) is 0.0281. The molecule has 4 aliphatic heterocycles. The third kappa shape index (κ3) is 31.7. The number of thiocarbonyl (C=S) groups is 2. The second-order valence-electron chi connectivity index (χ2n) is 29.8. The van der Waals surface area contributed by atoms with E-state index in [-0.39, 0.29) is 106 Å². The van der Waals surface area contributed by atoms with Crippen molar-refractivity contribution in [3.63, 3.8) is 0 Å². The van der Waals surface area contributed by atoms with Crippen LogP contribution in [0.15, 0.2) is 153 Å². The number of rotatable bonds is 23. The van der Waals surface area contributed by atoms with Gasteiger partial charge in [-0.2, -0.15) is 0 Å². The fourth-order valence-electron chi connectivity index (χ4n) is 16.0. The second kappa shape index (κ2) is 55.7. The van der Waals surface area contributed by atoms with Crippen LogP contribution in [0.1, 0.15) is 205 Å². The highest BCUT2D eigenvalue weighted by molar-refractivity contribution is 7.80. The number of hydrogen-bond donors (Lipinski definition) is 10. The summed E-state index contributed by atoms with van der Waals surface area (Å²) in [5, 5.41) is 36.3. The Morgan fingerprint density at radius 2 is 0.548 bits per heavy atom. The van der Waals surface area contributed by atoms with Gasteiger partial charge in [0.05, 0.1) is 111 Å². The minimum atomic E-state index is -2.21. The molecule has 124 heavy (non-hydrogen) atoms. The minimum Gasteiger partial charge on any atom is -0.478 e. The first-order valence-electron chi connectivity index (χ1n) is 42.0. The third-order valence-corrected chi connectivity index (χ3v) is 22.3. The van der Waals surface area contributed by atoms with E-state index in [1.807, 2.05) is 27.7 Å². The number of nitrogens with two attached hydrogens (primary N) is 2. The summed E-state index contributed by atoms with van der Waals surface area (Å²) in [7, 11) is 8.88. The molecule has 10 rings (SSSR count). The average molecular weight is 1770 g/mol. The van der Waals surface area contributed by atoms with Crippen molar-refractivity contribution in [1.82, 2.24) is 31.9 Å². The summed E-state index contributed by atoms with van der Waals surface area (Å²) in [4.78, 5) is 145. The Bertz CT molecular complexity index is 3810. The molecule has 4 heterocycles. The van der Waals surface area contributed by atoms with E-state index < -0.39 is 36.1 Å². The molecule has 2 aromatic carbocycles. The SMILES string of the molecule is CCOC(=O)C1=CNC(C)=C(C(=O)OC)C1C1CCCCC1.CCOC(=O)C1=CNC(C)=C(C(=O)OC)C1C1CCCCC1.CCOC(=O)C1=CNC(C)=C(C(=O)OC)C1C1CCCCC1.CCOC(=O)C1=CNC(C)=C(C(=O)OC)C1C1CCCCC1.CNC(N)=S.CNC(N)=S.O=C(O[C@H](C(=O)O)[C@H](OC(=O)c1ccccc1)C(=O)O)c1ccccc1. The lowest BCUT2D eigenvalue weighted by molar-refractivity contribution is -0.166. The summed E-state index contributed by atoms with van der Waals surface area (Å²) in [5.41, 5.74) is 17.4. The van der Waals surface area contributed by atoms with Gasteiger partial charge in [-0.25, -0.2) is 57.5 Å². The summed E-state index contributed by atoms with van der Waals surface area (Å²) in [5.74, 6) is -8.25. The molecular formula is C90H126N8O24S2. The molecule has 0 aromatic heterocycles. The lowest BCUT2D eigenvalue weighted by atomic mass is 9.72. The van der Waals surface area contributed by atoms with Crippen LogP contribution in [0.25, 0.3) is 0 Å². The molecule has 0 radical (unpaired) electrons. The van der Waals surface area contributed by atoms with Gasteiger partial charge in [0.15, 0.2) is 10.2 Å². The number of benzene rings is 2. The molecule has 32 nitrogen and oxygen atoms in total. The monoisotopic (exact) mass is 1770 g/mol. The third-order valence-electron chi connectivity index (χ3n) is 21.9. The molecule has 0 spiro atoms. The van der Waals surface area contributed by atoms with E-state index in [2.05, 4.69) is 56.3 Å². The molecule has 0 bridgehead atoms. The maximum atomic E-state index is 12.3. The fraction of sp³-hybridized carbons (Fsp3) is 0.533. The van der Waals surface area contributed by atoms with E-state index in [1.54, 1.807) is 78.7 Å². The lowest BCUT2D eigenvalue weighted by Crippen LogP contribution is -2.45. The zero-order valence-electron chi connectivity index (χ0n) is 73.7. The predicted molar refractivity (Wildman–Crippen MR) is 469 cm³/mol. The molecule has 6 atom stereocenters. The van der Waals surface area contributed by atoms with Crippen LogP contribution >= 0.6 is 24.4 Å². The van der Waals surface area contributed by atoms with Crippen molar-refractivity contribution in [2.45, 2.75) is 196 Å². The van der Waals surface area contributed by atoms with Gasteiger partial charge in [-0.3, -0.25) is 0 Å². The zero-order valence-corrected chi connectivity index (χ0v) is 75.3. The van der Waals surface area contributed by atoms with Crippen molar-refractivity contribution in [3.05, 3.63) is 164 Å². The van der Waals surface area contributed by atoms with E-state index in [9.17, 15) is 67.7 Å². The molecule has 682 valence electrons. The van der Waals surface area contributed by atoms with Gasteiger partial charge in [-0.05, 0) is 179 Å². The standard InChI is InChI=1S/C18H14O8.4C17H25NO4.2C2H6N2S/c19-15(20)13(25-17(23)11-7-3-1-4-8-11)14(16(21)22)26-18(24)12-9-5-2-6-10-12;4*1-4-22-16(19)13-10-18-11(2)14(17(20)21-3)15(13)12-8-6-5-7-9-12;2*1-4-2(3)5/h1-10,13-14H,(H,19,20)(H,21,22);4*10,12,15,18H,4-9H2,1-3H3;2*1H3,(H3,3,4,5)/t13-,14-;;;;;;/m0....../s1. The van der Waals surface area contributed by atoms with Gasteiger partial charge < -0.3 is 101 Å². The van der Waals surface area contributed by atoms with Gasteiger partial charge in [0.2, 0.25) is 12.2 Å². The first kappa shape index (κ1) is 105. The Labute approximate surface area is 737 Å². The van der Waals surface area contributed by atoms with Gasteiger partial charge in [-0.15, -0.1) is 0 Å². The largest absolute Gasteiger partial charge is 0.478 e. The molecule has 4 unspecified atom stereocenters. The van der Waals surface area contributed by atoms with E-state index in [0.717, 1.165) is 126 Å². The normalized spacial score (nSPS) is 19.2. The highest BCUT2D eigenvalue weighted by Crippen LogP contribution is 2.46. The molecular weight excluding hydrogens is 1640 g/mol. The lowest BCUT2D eigenvalue weighted by Gasteiger charge is -2.35. The van der Waals surface area contributed by atoms with Gasteiger partial charge in [-0.1, -0.05) is 113 Å². The predicted octanol–water partition coefficient (Wildman–Crippen LogP) is 11.2. The van der Waals surface area contributed by atoms with Crippen molar-refractivity contribution in [1.29, 1.82) is 0 Å². The molecule has 8 aliphatic rings. The van der Waals surface area contributed by atoms with Crippen molar-refractivity contribution in [2.75, 3.05) is 69.0 Å². The molecule has 4 aliphatic carbocycles. The Kier molecular flexibility index (Phi) is 47.1. The zero-order chi connectivity index (χ0) is 92.1. The molecule has 2 aromatic rings. The van der Waals surface area contributed by atoms with Crippen LogP contribution in [0.4, 0.5) is 0 Å². The van der Waals surface area contributed by atoms with Crippen LogP contribution in [-0.2, 0) is 95.3 Å².